The van der Waals surface area contributed by atoms with Crippen LogP contribution >= 0.6 is 0 Å². The van der Waals surface area contributed by atoms with E-state index < -0.39 is 11.7 Å². The molecule has 0 amide bonds. The summed E-state index contributed by atoms with van der Waals surface area (Å²) in [5.74, 6) is 0. The van der Waals surface area contributed by atoms with Crippen molar-refractivity contribution in [1.29, 1.82) is 31.6 Å². The van der Waals surface area contributed by atoms with Crippen LogP contribution in [-0.4, -0.2) is 9.13 Å². The number of nitriles is 6. The molecule has 0 aliphatic carbocycles. The molecule has 0 atom stereocenters. The summed E-state index contributed by atoms with van der Waals surface area (Å²) in [6.07, 6.45) is -4.90. The second-order valence-corrected chi connectivity index (χ2v) is 12.4. The number of fused-ring (bicyclic) bond motifs is 6. The Hall–Kier alpha value is -8.35. The highest BCUT2D eigenvalue weighted by atomic mass is 19.4. The van der Waals surface area contributed by atoms with Crippen molar-refractivity contribution in [3.05, 3.63) is 142 Å². The lowest BCUT2D eigenvalue weighted by Gasteiger charge is -2.21. The Morgan fingerprint density at radius 3 is 1.13 bits per heavy atom. The molecule has 11 heteroatoms. The third-order valence-electron chi connectivity index (χ3n) is 9.51. The molecule has 0 aliphatic rings. The normalized spacial score (nSPS) is 11.1. The molecule has 8 aromatic rings. The third-order valence-corrected chi connectivity index (χ3v) is 9.51. The molecular weight excluding hydrogens is 686 g/mol. The van der Waals surface area contributed by atoms with Gasteiger partial charge in [-0.2, -0.15) is 44.7 Å². The molecule has 0 aliphatic heterocycles. The molecule has 54 heavy (non-hydrogen) atoms. The van der Waals surface area contributed by atoms with Crippen LogP contribution in [-0.2, 0) is 6.18 Å². The van der Waals surface area contributed by atoms with Crippen molar-refractivity contribution >= 4 is 43.6 Å². The second kappa shape index (κ2) is 12.2. The molecule has 2 heterocycles. The van der Waals surface area contributed by atoms with E-state index >= 15 is 0 Å². The Morgan fingerprint density at radius 1 is 0.389 bits per heavy atom. The third kappa shape index (κ3) is 4.95. The summed E-state index contributed by atoms with van der Waals surface area (Å²) >= 11 is 0. The number of aromatic nitrogens is 2. The highest BCUT2D eigenvalue weighted by Crippen LogP contribution is 2.45. The number of nitrogens with zero attached hydrogens (tertiary/aromatic N) is 8. The number of benzene rings is 6. The van der Waals surface area contributed by atoms with E-state index in [9.17, 15) is 44.7 Å². The van der Waals surface area contributed by atoms with Crippen LogP contribution in [0.3, 0.4) is 0 Å². The molecule has 250 valence electrons. The van der Waals surface area contributed by atoms with Gasteiger partial charge in [-0.05, 0) is 103 Å². The first-order valence-electron chi connectivity index (χ1n) is 16.1. The average Bonchev–Trinajstić information content (AvgIpc) is 3.70. The van der Waals surface area contributed by atoms with Crippen molar-refractivity contribution in [3.8, 4) is 58.9 Å². The second-order valence-electron chi connectivity index (χ2n) is 12.4. The summed E-state index contributed by atoms with van der Waals surface area (Å²) in [6, 6.07) is 38.4. The summed E-state index contributed by atoms with van der Waals surface area (Å²) in [5, 5.41) is 61.5. The maximum atomic E-state index is 15.0. The molecule has 0 fully saturated rings. The van der Waals surface area contributed by atoms with Gasteiger partial charge in [-0.15, -0.1) is 0 Å². The molecular formula is C43H17F3N8. The first kappa shape index (κ1) is 32.8. The average molecular weight is 703 g/mol. The summed E-state index contributed by atoms with van der Waals surface area (Å²) in [5.41, 5.74) is 2.46. The van der Waals surface area contributed by atoms with Gasteiger partial charge >= 0.3 is 6.18 Å². The molecule has 8 nitrogen and oxygen atoms in total. The number of alkyl halides is 3. The lowest BCUT2D eigenvalue weighted by Crippen LogP contribution is -2.10. The molecule has 2 aromatic heterocycles. The van der Waals surface area contributed by atoms with E-state index in [2.05, 4.69) is 30.3 Å². The van der Waals surface area contributed by atoms with E-state index in [1.54, 1.807) is 88.0 Å². The molecule has 0 spiro atoms. The van der Waals surface area contributed by atoms with Crippen molar-refractivity contribution in [2.24, 2.45) is 0 Å². The van der Waals surface area contributed by atoms with Crippen molar-refractivity contribution in [2.45, 2.75) is 6.18 Å². The van der Waals surface area contributed by atoms with Crippen LogP contribution in [0.5, 0.6) is 0 Å². The summed E-state index contributed by atoms with van der Waals surface area (Å²) in [6.45, 7) is 0. The van der Waals surface area contributed by atoms with Gasteiger partial charge in [0.15, 0.2) is 0 Å². The van der Waals surface area contributed by atoms with E-state index in [0.717, 1.165) is 6.07 Å². The van der Waals surface area contributed by atoms with E-state index in [1.807, 2.05) is 0 Å². The fraction of sp³-hybridized carbons (Fsp3) is 0.0233. The van der Waals surface area contributed by atoms with Crippen LogP contribution < -0.4 is 0 Å². The predicted molar refractivity (Wildman–Crippen MR) is 194 cm³/mol. The Labute approximate surface area is 304 Å². The van der Waals surface area contributed by atoms with E-state index in [4.69, 9.17) is 0 Å². The van der Waals surface area contributed by atoms with Gasteiger partial charge in [0.05, 0.1) is 103 Å². The van der Waals surface area contributed by atoms with Crippen LogP contribution in [0.4, 0.5) is 13.2 Å². The molecule has 0 radical (unpaired) electrons. The Bertz CT molecular complexity index is 3090. The minimum Gasteiger partial charge on any atom is -0.309 e. The summed E-state index contributed by atoms with van der Waals surface area (Å²) in [7, 11) is 0. The van der Waals surface area contributed by atoms with Gasteiger partial charge in [0, 0.05) is 27.1 Å². The van der Waals surface area contributed by atoms with Crippen molar-refractivity contribution in [1.82, 2.24) is 9.13 Å². The van der Waals surface area contributed by atoms with Gasteiger partial charge in [0.25, 0.3) is 0 Å². The number of halogens is 3. The summed E-state index contributed by atoms with van der Waals surface area (Å²) < 4.78 is 48.4. The predicted octanol–water partition coefficient (Wildman–Crippen LogP) is 9.80. The van der Waals surface area contributed by atoms with Gasteiger partial charge in [-0.25, -0.2) is 0 Å². The van der Waals surface area contributed by atoms with Crippen molar-refractivity contribution < 1.29 is 13.2 Å². The van der Waals surface area contributed by atoms with Gasteiger partial charge in [0.1, 0.15) is 6.07 Å². The van der Waals surface area contributed by atoms with Crippen LogP contribution in [0.2, 0.25) is 0 Å². The highest BCUT2D eigenvalue weighted by Gasteiger charge is 2.35. The van der Waals surface area contributed by atoms with Gasteiger partial charge in [-0.1, -0.05) is 6.07 Å². The molecule has 0 saturated carbocycles. The van der Waals surface area contributed by atoms with Gasteiger partial charge < -0.3 is 9.13 Å². The van der Waals surface area contributed by atoms with E-state index in [1.165, 1.54) is 24.3 Å². The monoisotopic (exact) mass is 702 g/mol. The molecule has 8 rings (SSSR count). The quantitative estimate of drug-likeness (QED) is 0.179. The largest absolute Gasteiger partial charge is 0.417 e. The van der Waals surface area contributed by atoms with E-state index in [-0.39, 0.29) is 33.6 Å². The fourth-order valence-electron chi connectivity index (χ4n) is 7.18. The number of hydrogen-bond acceptors (Lipinski definition) is 6. The zero-order chi connectivity index (χ0) is 37.9. The van der Waals surface area contributed by atoms with Crippen molar-refractivity contribution in [2.75, 3.05) is 0 Å². The molecule has 0 N–H and O–H groups in total. The molecule has 0 bridgehead atoms. The van der Waals surface area contributed by atoms with Crippen molar-refractivity contribution in [3.63, 3.8) is 0 Å². The minimum atomic E-state index is -4.90. The minimum absolute atomic E-state index is 0.0608. The fourth-order valence-corrected chi connectivity index (χ4v) is 7.18. The lowest BCUT2D eigenvalue weighted by atomic mass is 9.93. The smallest absolute Gasteiger partial charge is 0.309 e. The Kier molecular flexibility index (Phi) is 7.39. The Balaban J connectivity index is 1.57. The number of hydrogen-bond donors (Lipinski definition) is 0. The molecule has 0 unspecified atom stereocenters. The van der Waals surface area contributed by atoms with E-state index in [0.29, 0.717) is 65.9 Å². The zero-order valence-corrected chi connectivity index (χ0v) is 27.5. The maximum Gasteiger partial charge on any atom is 0.417 e. The van der Waals surface area contributed by atoms with Crippen LogP contribution in [0.25, 0.3) is 66.1 Å². The standard InChI is InChI=1S/C43H17F3N8/c44-43(45,46)36-15-28(22-51)1-6-30(36)35-17-41(53-37-7-2-24(18-47)11-31(37)32-12-25(19-48)3-8-38(32)53)29(23-52)16-42(35)54-39-9-4-26(20-49)13-33(39)34-14-27(21-50)5-10-40(34)54/h1-17H. The first-order valence-corrected chi connectivity index (χ1v) is 16.1. The number of rotatable bonds is 3. The summed E-state index contributed by atoms with van der Waals surface area (Å²) in [4.78, 5) is 0. The SMILES string of the molecule is N#Cc1ccc(-c2cc(-n3c4ccc(C#N)cc4c4cc(C#N)ccc43)c(C#N)cc2-n2c3ccc(C#N)cc3c3cc(C#N)ccc32)c(C(F)(F)F)c1. The topological polar surface area (TPSA) is 153 Å². The van der Waals surface area contributed by atoms with Gasteiger partial charge in [0.2, 0.25) is 0 Å². The van der Waals surface area contributed by atoms with Crippen LogP contribution in [0.15, 0.2) is 103 Å². The lowest BCUT2D eigenvalue weighted by molar-refractivity contribution is -0.137. The van der Waals surface area contributed by atoms with Crippen LogP contribution in [0.1, 0.15) is 38.9 Å². The van der Waals surface area contributed by atoms with Gasteiger partial charge in [-0.3, -0.25) is 0 Å². The Morgan fingerprint density at radius 2 is 0.759 bits per heavy atom. The zero-order valence-electron chi connectivity index (χ0n) is 27.5. The van der Waals surface area contributed by atoms with Crippen LogP contribution in [0, 0.1) is 68.0 Å². The molecule has 0 saturated heterocycles. The first-order chi connectivity index (χ1) is 26.1. The highest BCUT2D eigenvalue weighted by molar-refractivity contribution is 6.12. The maximum absolute atomic E-state index is 15.0. The molecule has 6 aromatic carbocycles.